The standard InChI is InChI=1S/C18H21N5O3/c24-18(25)12-23-9-6-15(21-23)13-2-1-8-22(10-13)11-14-3-4-17(26-14)16-5-7-19-20-16/h3-7,9,13H,1-2,8,10-12H2,(H,19,20)(H,24,25). The van der Waals surface area contributed by atoms with Gasteiger partial charge < -0.3 is 9.52 Å². The molecule has 1 atom stereocenters. The summed E-state index contributed by atoms with van der Waals surface area (Å²) in [5, 5.41) is 20.2. The molecule has 8 nitrogen and oxygen atoms in total. The Hall–Kier alpha value is -2.87. The predicted octanol–water partition coefficient (Wildman–Crippen LogP) is 2.33. The number of carboxylic acids is 1. The van der Waals surface area contributed by atoms with Gasteiger partial charge in [-0.3, -0.25) is 19.5 Å². The number of aromatic nitrogens is 4. The number of rotatable bonds is 6. The van der Waals surface area contributed by atoms with E-state index in [9.17, 15) is 4.79 Å². The van der Waals surface area contributed by atoms with Crippen LogP contribution in [0.5, 0.6) is 0 Å². The van der Waals surface area contributed by atoms with E-state index in [0.717, 1.165) is 55.4 Å². The van der Waals surface area contributed by atoms with Crippen molar-refractivity contribution in [2.24, 2.45) is 0 Å². The molecule has 0 bridgehead atoms. The van der Waals surface area contributed by atoms with E-state index in [0.29, 0.717) is 5.92 Å². The number of H-pyrrole nitrogens is 1. The molecule has 8 heteroatoms. The maximum absolute atomic E-state index is 10.8. The van der Waals surface area contributed by atoms with Crippen LogP contribution in [-0.2, 0) is 17.9 Å². The largest absolute Gasteiger partial charge is 0.480 e. The van der Waals surface area contributed by atoms with Gasteiger partial charge in [0.05, 0.1) is 12.2 Å². The Kier molecular flexibility index (Phi) is 4.57. The number of hydrogen-bond donors (Lipinski definition) is 2. The van der Waals surface area contributed by atoms with E-state index in [1.165, 1.54) is 4.68 Å². The van der Waals surface area contributed by atoms with Crippen LogP contribution >= 0.6 is 0 Å². The molecule has 26 heavy (non-hydrogen) atoms. The first-order chi connectivity index (χ1) is 12.7. The normalized spacial score (nSPS) is 18.2. The first kappa shape index (κ1) is 16.6. The lowest BCUT2D eigenvalue weighted by molar-refractivity contribution is -0.137. The summed E-state index contributed by atoms with van der Waals surface area (Å²) in [7, 11) is 0. The molecule has 0 aliphatic carbocycles. The molecule has 1 aliphatic rings. The lowest BCUT2D eigenvalue weighted by Gasteiger charge is -2.31. The fraction of sp³-hybridized carbons (Fsp3) is 0.389. The Bertz CT molecular complexity index is 867. The summed E-state index contributed by atoms with van der Waals surface area (Å²) in [6, 6.07) is 7.77. The molecule has 0 saturated carbocycles. The fourth-order valence-corrected chi connectivity index (χ4v) is 3.48. The van der Waals surface area contributed by atoms with Crippen molar-refractivity contribution in [2.45, 2.75) is 31.8 Å². The van der Waals surface area contributed by atoms with Gasteiger partial charge in [-0.25, -0.2) is 0 Å². The number of piperidine rings is 1. The first-order valence-electron chi connectivity index (χ1n) is 8.73. The van der Waals surface area contributed by atoms with Crippen LogP contribution in [0.15, 0.2) is 41.1 Å². The van der Waals surface area contributed by atoms with Gasteiger partial charge in [-0.2, -0.15) is 10.2 Å². The minimum Gasteiger partial charge on any atom is -0.480 e. The Labute approximate surface area is 150 Å². The summed E-state index contributed by atoms with van der Waals surface area (Å²) in [5.41, 5.74) is 1.84. The topological polar surface area (TPSA) is 100 Å². The van der Waals surface area contributed by atoms with Gasteiger partial charge in [-0.15, -0.1) is 0 Å². The number of carboxylic acid groups (broad SMARTS) is 1. The van der Waals surface area contributed by atoms with Gasteiger partial charge in [0, 0.05) is 24.9 Å². The zero-order chi connectivity index (χ0) is 17.9. The number of carbonyl (C=O) groups is 1. The van der Waals surface area contributed by atoms with Gasteiger partial charge in [-0.05, 0) is 43.7 Å². The number of aliphatic carboxylic acids is 1. The molecular formula is C18H21N5O3. The summed E-state index contributed by atoms with van der Waals surface area (Å²) in [6.45, 7) is 2.57. The van der Waals surface area contributed by atoms with Crippen molar-refractivity contribution in [3.05, 3.63) is 48.1 Å². The van der Waals surface area contributed by atoms with Crippen molar-refractivity contribution in [1.82, 2.24) is 24.9 Å². The Morgan fingerprint density at radius 1 is 1.35 bits per heavy atom. The SMILES string of the molecule is O=C(O)Cn1ccc(C2CCCN(Cc3ccc(-c4ccn[nH]4)o3)C2)n1. The highest BCUT2D eigenvalue weighted by Crippen LogP contribution is 2.27. The monoisotopic (exact) mass is 355 g/mol. The second kappa shape index (κ2) is 7.17. The van der Waals surface area contributed by atoms with Crippen molar-refractivity contribution in [1.29, 1.82) is 0 Å². The highest BCUT2D eigenvalue weighted by Gasteiger charge is 2.24. The molecule has 0 amide bonds. The van der Waals surface area contributed by atoms with E-state index in [1.807, 2.05) is 24.3 Å². The first-order valence-corrected chi connectivity index (χ1v) is 8.73. The molecule has 1 aliphatic heterocycles. The second-order valence-corrected chi connectivity index (χ2v) is 6.64. The quantitative estimate of drug-likeness (QED) is 0.704. The summed E-state index contributed by atoms with van der Waals surface area (Å²) in [5.74, 6) is 1.15. The number of aromatic amines is 1. The molecule has 3 aromatic heterocycles. The molecule has 136 valence electrons. The third kappa shape index (κ3) is 3.70. The maximum Gasteiger partial charge on any atom is 0.325 e. The average Bonchev–Trinajstić information content (AvgIpc) is 3.36. The van der Waals surface area contributed by atoms with Crippen molar-refractivity contribution >= 4 is 5.97 Å². The van der Waals surface area contributed by atoms with E-state index in [1.54, 1.807) is 12.4 Å². The zero-order valence-corrected chi connectivity index (χ0v) is 14.3. The van der Waals surface area contributed by atoms with Gasteiger partial charge in [0.1, 0.15) is 18.0 Å². The maximum atomic E-state index is 10.8. The molecule has 4 heterocycles. The third-order valence-electron chi connectivity index (χ3n) is 4.69. The lowest BCUT2D eigenvalue weighted by Crippen LogP contribution is -2.34. The minimum atomic E-state index is -0.879. The fourth-order valence-electron chi connectivity index (χ4n) is 3.48. The molecule has 4 rings (SSSR count). The van der Waals surface area contributed by atoms with Crippen LogP contribution in [0.3, 0.4) is 0 Å². The lowest BCUT2D eigenvalue weighted by atomic mass is 9.95. The number of hydrogen-bond acceptors (Lipinski definition) is 5. The smallest absolute Gasteiger partial charge is 0.325 e. The van der Waals surface area contributed by atoms with Gasteiger partial charge in [0.2, 0.25) is 0 Å². The molecule has 0 radical (unpaired) electrons. The van der Waals surface area contributed by atoms with Crippen molar-refractivity contribution in [3.8, 4) is 11.5 Å². The summed E-state index contributed by atoms with van der Waals surface area (Å²) >= 11 is 0. The number of nitrogens with one attached hydrogen (secondary N) is 1. The summed E-state index contributed by atoms with van der Waals surface area (Å²) in [4.78, 5) is 13.2. The van der Waals surface area contributed by atoms with Crippen LogP contribution in [0.25, 0.3) is 11.5 Å². The van der Waals surface area contributed by atoms with E-state index in [2.05, 4.69) is 20.2 Å². The molecule has 2 N–H and O–H groups in total. The minimum absolute atomic E-state index is 0.0980. The van der Waals surface area contributed by atoms with Crippen LogP contribution in [0, 0.1) is 0 Å². The van der Waals surface area contributed by atoms with Crippen LogP contribution in [0.1, 0.15) is 30.2 Å². The predicted molar refractivity (Wildman–Crippen MR) is 93.4 cm³/mol. The third-order valence-corrected chi connectivity index (χ3v) is 4.69. The van der Waals surface area contributed by atoms with Crippen molar-refractivity contribution in [3.63, 3.8) is 0 Å². The van der Waals surface area contributed by atoms with E-state index in [4.69, 9.17) is 9.52 Å². The van der Waals surface area contributed by atoms with Crippen LogP contribution in [0.4, 0.5) is 0 Å². The molecule has 3 aromatic rings. The molecule has 0 spiro atoms. The van der Waals surface area contributed by atoms with Gasteiger partial charge in [0.25, 0.3) is 0 Å². The summed E-state index contributed by atoms with van der Waals surface area (Å²) < 4.78 is 7.41. The average molecular weight is 355 g/mol. The van der Waals surface area contributed by atoms with E-state index in [-0.39, 0.29) is 6.54 Å². The number of nitrogens with zero attached hydrogens (tertiary/aromatic N) is 4. The Balaban J connectivity index is 1.39. The Morgan fingerprint density at radius 2 is 2.27 bits per heavy atom. The Morgan fingerprint density at radius 3 is 3.08 bits per heavy atom. The van der Waals surface area contributed by atoms with Gasteiger partial charge in [0.15, 0.2) is 5.76 Å². The van der Waals surface area contributed by atoms with Crippen molar-refractivity contribution < 1.29 is 14.3 Å². The van der Waals surface area contributed by atoms with Crippen molar-refractivity contribution in [2.75, 3.05) is 13.1 Å². The molecule has 1 unspecified atom stereocenters. The van der Waals surface area contributed by atoms with Crippen LogP contribution < -0.4 is 0 Å². The zero-order valence-electron chi connectivity index (χ0n) is 14.3. The van der Waals surface area contributed by atoms with Gasteiger partial charge in [-0.1, -0.05) is 0 Å². The van der Waals surface area contributed by atoms with Crippen LogP contribution in [-0.4, -0.2) is 49.0 Å². The molecular weight excluding hydrogens is 334 g/mol. The van der Waals surface area contributed by atoms with Crippen LogP contribution in [0.2, 0.25) is 0 Å². The number of likely N-dealkylation sites (tertiary alicyclic amines) is 1. The second-order valence-electron chi connectivity index (χ2n) is 6.64. The number of furan rings is 1. The highest BCUT2D eigenvalue weighted by atomic mass is 16.4. The summed E-state index contributed by atoms with van der Waals surface area (Å²) in [6.07, 6.45) is 5.60. The van der Waals surface area contributed by atoms with E-state index < -0.39 is 5.97 Å². The molecule has 0 aromatic carbocycles. The van der Waals surface area contributed by atoms with Gasteiger partial charge >= 0.3 is 5.97 Å². The molecule has 1 saturated heterocycles. The van der Waals surface area contributed by atoms with E-state index >= 15 is 0 Å². The molecule has 1 fully saturated rings. The highest BCUT2D eigenvalue weighted by molar-refractivity contribution is 5.66.